The molecule has 0 aliphatic carbocycles. The number of anilines is 2. The van der Waals surface area contributed by atoms with E-state index >= 15 is 0 Å². The Morgan fingerprint density at radius 2 is 1.06 bits per heavy atom. The first kappa shape index (κ1) is 24.8. The Labute approximate surface area is 218 Å². The molecule has 0 saturated carbocycles. The van der Waals surface area contributed by atoms with E-state index in [0.717, 1.165) is 17.9 Å². The van der Waals surface area contributed by atoms with Gasteiger partial charge in [-0.05, 0) is 80.4 Å². The van der Waals surface area contributed by atoms with Gasteiger partial charge in [0, 0.05) is 8.95 Å². The van der Waals surface area contributed by atoms with Gasteiger partial charge in [-0.15, -0.1) is 0 Å². The summed E-state index contributed by atoms with van der Waals surface area (Å²) in [5, 5.41) is 5.50. The first-order valence-electron chi connectivity index (χ1n) is 9.16. The molecular weight excluding hydrogens is 676 g/mol. The van der Waals surface area contributed by atoms with Crippen molar-refractivity contribution in [2.45, 2.75) is 0 Å². The second-order valence-electron chi connectivity index (χ2n) is 6.37. The maximum absolute atomic E-state index is 12.4. The maximum atomic E-state index is 12.4. The number of benzene rings is 3. The number of hydrogen-bond donors (Lipinski definition) is 2. The fourth-order valence-electron chi connectivity index (χ4n) is 2.54. The molecule has 32 heavy (non-hydrogen) atoms. The van der Waals surface area contributed by atoms with Crippen LogP contribution in [0.5, 0.6) is 11.5 Å². The van der Waals surface area contributed by atoms with Gasteiger partial charge in [0.1, 0.15) is 11.5 Å². The van der Waals surface area contributed by atoms with Crippen LogP contribution in [0, 0.1) is 0 Å². The Morgan fingerprint density at radius 3 is 1.44 bits per heavy atom. The normalized spacial score (nSPS) is 10.4. The van der Waals surface area contributed by atoms with Crippen molar-refractivity contribution in [3.63, 3.8) is 0 Å². The molecule has 3 aromatic rings. The van der Waals surface area contributed by atoms with E-state index in [4.69, 9.17) is 9.47 Å². The highest BCUT2D eigenvalue weighted by Gasteiger charge is 2.12. The van der Waals surface area contributed by atoms with Gasteiger partial charge in [0.25, 0.3) is 11.8 Å². The topological polar surface area (TPSA) is 76.7 Å². The second-order valence-corrected chi connectivity index (χ2v) is 9.91. The summed E-state index contributed by atoms with van der Waals surface area (Å²) in [6.45, 7) is -0.383. The molecule has 10 heteroatoms. The Balaban J connectivity index is 1.56. The smallest absolute Gasteiger partial charge is 0.262 e. The van der Waals surface area contributed by atoms with Crippen LogP contribution >= 0.6 is 63.7 Å². The highest BCUT2D eigenvalue weighted by molar-refractivity contribution is 9.11. The fourth-order valence-corrected chi connectivity index (χ4v) is 4.87. The Bertz CT molecular complexity index is 1050. The Kier molecular flexibility index (Phi) is 9.15. The van der Waals surface area contributed by atoms with E-state index in [1.165, 1.54) is 0 Å². The zero-order chi connectivity index (χ0) is 23.1. The molecule has 0 heterocycles. The van der Waals surface area contributed by atoms with E-state index in [-0.39, 0.29) is 25.0 Å². The van der Waals surface area contributed by atoms with Crippen molar-refractivity contribution in [2.75, 3.05) is 23.8 Å². The summed E-state index contributed by atoms with van der Waals surface area (Å²) in [6, 6.07) is 17.7. The van der Waals surface area contributed by atoms with Gasteiger partial charge >= 0.3 is 0 Å². The molecule has 166 valence electrons. The number of ether oxygens (including phenoxy) is 2. The van der Waals surface area contributed by atoms with Gasteiger partial charge in [0.2, 0.25) is 0 Å². The molecule has 2 amide bonds. The summed E-state index contributed by atoms with van der Waals surface area (Å²) in [5.74, 6) is 0.357. The summed E-state index contributed by atoms with van der Waals surface area (Å²) in [7, 11) is 0. The number of nitrogens with one attached hydrogen (secondary N) is 2. The predicted octanol–water partition coefficient (Wildman–Crippen LogP) is 6.77. The molecule has 3 aromatic carbocycles. The maximum Gasteiger partial charge on any atom is 0.262 e. The van der Waals surface area contributed by atoms with Gasteiger partial charge < -0.3 is 20.1 Å². The minimum Gasteiger partial charge on any atom is -0.483 e. The number of carbonyl (C=O) groups excluding carboxylic acids is 2. The van der Waals surface area contributed by atoms with Crippen LogP contribution in [0.1, 0.15) is 0 Å². The summed E-state index contributed by atoms with van der Waals surface area (Å²) in [4.78, 5) is 24.7. The number of carbonyl (C=O) groups is 2. The van der Waals surface area contributed by atoms with Crippen LogP contribution in [0.15, 0.2) is 78.6 Å². The number of para-hydroxylation sites is 2. The van der Waals surface area contributed by atoms with Gasteiger partial charge in [0.05, 0.1) is 20.3 Å². The van der Waals surface area contributed by atoms with Crippen LogP contribution in [0.3, 0.4) is 0 Å². The third kappa shape index (κ3) is 7.33. The zero-order valence-electron chi connectivity index (χ0n) is 16.3. The van der Waals surface area contributed by atoms with E-state index < -0.39 is 0 Å². The number of rotatable bonds is 8. The average molecular weight is 692 g/mol. The van der Waals surface area contributed by atoms with E-state index in [0.29, 0.717) is 22.9 Å². The molecule has 0 unspecified atom stereocenters. The highest BCUT2D eigenvalue weighted by Crippen LogP contribution is 2.29. The van der Waals surface area contributed by atoms with Crippen LogP contribution in [0.4, 0.5) is 11.4 Å². The molecule has 6 nitrogen and oxygen atoms in total. The zero-order valence-corrected chi connectivity index (χ0v) is 22.7. The lowest BCUT2D eigenvalue weighted by atomic mass is 10.2. The molecule has 0 aliphatic rings. The molecule has 0 spiro atoms. The average Bonchev–Trinajstić information content (AvgIpc) is 2.74. The fraction of sp³-hybridized carbons (Fsp3) is 0.0909. The molecule has 0 aromatic heterocycles. The van der Waals surface area contributed by atoms with Crippen molar-refractivity contribution in [1.29, 1.82) is 0 Å². The van der Waals surface area contributed by atoms with Gasteiger partial charge in [-0.1, -0.05) is 44.0 Å². The van der Waals surface area contributed by atoms with Gasteiger partial charge in [-0.2, -0.15) is 0 Å². The second kappa shape index (κ2) is 11.8. The van der Waals surface area contributed by atoms with E-state index in [9.17, 15) is 9.59 Å². The molecular formula is C22H16Br4N2O4. The molecule has 0 saturated heterocycles. The van der Waals surface area contributed by atoms with Crippen molar-refractivity contribution >= 4 is 86.9 Å². The molecule has 0 bridgehead atoms. The van der Waals surface area contributed by atoms with Gasteiger partial charge in [-0.3, -0.25) is 9.59 Å². The van der Waals surface area contributed by atoms with Crippen molar-refractivity contribution in [3.05, 3.63) is 78.6 Å². The van der Waals surface area contributed by atoms with Crippen molar-refractivity contribution < 1.29 is 19.1 Å². The number of hydrogen-bond acceptors (Lipinski definition) is 4. The number of halogens is 4. The van der Waals surface area contributed by atoms with E-state index in [2.05, 4.69) is 74.4 Å². The quantitative estimate of drug-likeness (QED) is 0.274. The van der Waals surface area contributed by atoms with Crippen LogP contribution in [-0.2, 0) is 9.59 Å². The van der Waals surface area contributed by atoms with Gasteiger partial charge in [-0.25, -0.2) is 0 Å². The molecule has 2 N–H and O–H groups in total. The van der Waals surface area contributed by atoms with Crippen LogP contribution in [0.2, 0.25) is 0 Å². The lowest BCUT2D eigenvalue weighted by Gasteiger charge is -2.14. The minimum atomic E-state index is -0.364. The minimum absolute atomic E-state index is 0.191. The van der Waals surface area contributed by atoms with Gasteiger partial charge in [0.15, 0.2) is 13.2 Å². The summed E-state index contributed by atoms with van der Waals surface area (Å²) in [6.07, 6.45) is 0. The third-order valence-corrected chi connectivity index (χ3v) is 6.21. The molecule has 0 fully saturated rings. The van der Waals surface area contributed by atoms with Crippen LogP contribution < -0.4 is 20.1 Å². The number of amides is 2. The third-order valence-electron chi connectivity index (χ3n) is 3.98. The lowest BCUT2D eigenvalue weighted by molar-refractivity contribution is -0.119. The van der Waals surface area contributed by atoms with E-state index in [1.807, 2.05) is 24.3 Å². The van der Waals surface area contributed by atoms with Crippen molar-refractivity contribution in [3.8, 4) is 11.5 Å². The summed E-state index contributed by atoms with van der Waals surface area (Å²) in [5.41, 5.74) is 0.906. The molecule has 3 rings (SSSR count). The first-order valence-corrected chi connectivity index (χ1v) is 12.3. The largest absolute Gasteiger partial charge is 0.483 e. The highest BCUT2D eigenvalue weighted by atomic mass is 79.9. The van der Waals surface area contributed by atoms with Crippen LogP contribution in [-0.4, -0.2) is 25.0 Å². The predicted molar refractivity (Wildman–Crippen MR) is 138 cm³/mol. The first-order chi connectivity index (χ1) is 15.3. The lowest BCUT2D eigenvalue weighted by Crippen LogP contribution is -2.23. The monoisotopic (exact) mass is 688 g/mol. The SMILES string of the molecule is O=C(COc1ccc(Br)cc1Br)Nc1ccccc1NC(=O)COc1ccc(Br)cc1Br. The van der Waals surface area contributed by atoms with Crippen LogP contribution in [0.25, 0.3) is 0 Å². The Morgan fingerprint density at radius 1 is 0.656 bits per heavy atom. The molecule has 0 atom stereocenters. The molecule has 0 radical (unpaired) electrons. The van der Waals surface area contributed by atoms with Crippen molar-refractivity contribution in [1.82, 2.24) is 0 Å². The standard InChI is InChI=1S/C22H16Br4N2O4/c23-13-5-7-19(15(25)9-13)31-11-21(29)27-17-3-1-2-4-18(17)28-22(30)12-32-20-8-6-14(24)10-16(20)26/h1-10H,11-12H2,(H,27,29)(H,28,30). The summed E-state index contributed by atoms with van der Waals surface area (Å²) >= 11 is 13.5. The van der Waals surface area contributed by atoms with E-state index in [1.54, 1.807) is 36.4 Å². The summed E-state index contributed by atoms with van der Waals surface area (Å²) < 4.78 is 14.4. The Hall–Kier alpha value is -1.88. The van der Waals surface area contributed by atoms with Crippen molar-refractivity contribution in [2.24, 2.45) is 0 Å². The molecule has 0 aliphatic heterocycles.